The zero-order chi connectivity index (χ0) is 14.4. The van der Waals surface area contributed by atoms with Gasteiger partial charge in [-0.3, -0.25) is 4.57 Å². The Morgan fingerprint density at radius 1 is 1.15 bits per heavy atom. The van der Waals surface area contributed by atoms with E-state index < -0.39 is 0 Å². The van der Waals surface area contributed by atoms with Gasteiger partial charge in [-0.1, -0.05) is 0 Å². The maximum Gasteiger partial charge on any atom is 0.205 e. The molecule has 0 aliphatic heterocycles. The largest absolute Gasteiger partial charge is 0.369 e. The molecular weight excluding hydrogens is 443 g/mol. The van der Waals surface area contributed by atoms with Crippen molar-refractivity contribution in [3.63, 3.8) is 0 Å². The van der Waals surface area contributed by atoms with Crippen LogP contribution in [0.1, 0.15) is 0 Å². The van der Waals surface area contributed by atoms with Gasteiger partial charge < -0.3 is 5.73 Å². The number of imidazole rings is 1. The molecule has 102 valence electrons. The molecule has 2 aromatic carbocycles. The smallest absolute Gasteiger partial charge is 0.205 e. The zero-order valence-corrected chi connectivity index (χ0v) is 13.6. The van der Waals surface area contributed by atoms with Crippen LogP contribution in [0.3, 0.4) is 0 Å². The van der Waals surface area contributed by atoms with E-state index in [-0.39, 0.29) is 17.6 Å². The fraction of sp³-hybridized carbons (Fsp3) is 0. The van der Waals surface area contributed by atoms with Gasteiger partial charge in [-0.05, 0) is 62.8 Å². The second-order valence-corrected chi connectivity index (χ2v) is 6.18. The van der Waals surface area contributed by atoms with Gasteiger partial charge >= 0.3 is 0 Å². The van der Waals surface area contributed by atoms with Crippen LogP contribution in [0.4, 0.5) is 14.7 Å². The first-order chi connectivity index (χ1) is 9.47. The Morgan fingerprint density at radius 2 is 1.90 bits per heavy atom. The Morgan fingerprint density at radius 3 is 2.60 bits per heavy atom. The number of rotatable bonds is 1. The molecule has 0 unspecified atom stereocenters. The van der Waals surface area contributed by atoms with Gasteiger partial charge in [0.1, 0.15) is 11.6 Å². The van der Waals surface area contributed by atoms with Gasteiger partial charge in [-0.25, -0.2) is 13.8 Å². The quantitative estimate of drug-likeness (QED) is 0.564. The highest BCUT2D eigenvalue weighted by molar-refractivity contribution is 14.1. The van der Waals surface area contributed by atoms with Crippen molar-refractivity contribution < 1.29 is 8.78 Å². The number of hydrogen-bond acceptors (Lipinski definition) is 2. The molecule has 0 fully saturated rings. The number of fused-ring (bicyclic) bond motifs is 1. The fourth-order valence-electron chi connectivity index (χ4n) is 1.99. The Hall–Kier alpha value is -1.22. The van der Waals surface area contributed by atoms with Gasteiger partial charge in [0, 0.05) is 6.07 Å². The predicted molar refractivity (Wildman–Crippen MR) is 85.8 cm³/mol. The molecular formula is C13H7BrF2IN3. The summed E-state index contributed by atoms with van der Waals surface area (Å²) in [6, 6.07) is 7.44. The number of halogens is 4. The Labute approximate surface area is 135 Å². The first-order valence-corrected chi connectivity index (χ1v) is 7.43. The first kappa shape index (κ1) is 13.7. The zero-order valence-electron chi connectivity index (χ0n) is 9.87. The summed E-state index contributed by atoms with van der Waals surface area (Å²) < 4.78 is 29.4. The summed E-state index contributed by atoms with van der Waals surface area (Å²) in [6.45, 7) is 0. The number of aromatic nitrogens is 2. The lowest BCUT2D eigenvalue weighted by Crippen LogP contribution is -2.01. The van der Waals surface area contributed by atoms with E-state index >= 15 is 0 Å². The fourth-order valence-corrected chi connectivity index (χ4v) is 2.80. The standard InChI is InChI=1S/C13H7BrF2IN3/c14-7-3-6(1-2-8(7)15)20-12-4-9(16)10(17)5-11(12)19-13(20)18/h1-5H,(H2,18,19). The number of anilines is 1. The van der Waals surface area contributed by atoms with Crippen LogP contribution in [0.25, 0.3) is 16.7 Å². The molecule has 0 aliphatic rings. The number of hydrogen-bond donors (Lipinski definition) is 1. The molecule has 0 spiro atoms. The number of nitrogens with zero attached hydrogens (tertiary/aromatic N) is 2. The van der Waals surface area contributed by atoms with Crippen molar-refractivity contribution in [2.24, 2.45) is 0 Å². The van der Waals surface area contributed by atoms with Crippen LogP contribution in [-0.4, -0.2) is 9.55 Å². The van der Waals surface area contributed by atoms with Crippen LogP contribution in [0.2, 0.25) is 0 Å². The van der Waals surface area contributed by atoms with Crippen LogP contribution in [0.5, 0.6) is 0 Å². The molecule has 3 nitrogen and oxygen atoms in total. The van der Waals surface area contributed by atoms with Gasteiger partial charge in [-0.2, -0.15) is 0 Å². The SMILES string of the molecule is Nc1nc2cc(I)c(F)cc2n1-c1ccc(F)c(Br)c1. The summed E-state index contributed by atoms with van der Waals surface area (Å²) in [5.41, 5.74) is 7.63. The van der Waals surface area contributed by atoms with Crippen molar-refractivity contribution in [1.29, 1.82) is 0 Å². The molecule has 1 heterocycles. The van der Waals surface area contributed by atoms with Gasteiger partial charge in [-0.15, -0.1) is 0 Å². The lowest BCUT2D eigenvalue weighted by Gasteiger charge is -2.07. The first-order valence-electron chi connectivity index (χ1n) is 5.56. The van der Waals surface area contributed by atoms with Crippen LogP contribution < -0.4 is 5.73 Å². The third-order valence-corrected chi connectivity index (χ3v) is 4.32. The van der Waals surface area contributed by atoms with E-state index in [0.717, 1.165) is 0 Å². The second-order valence-electron chi connectivity index (χ2n) is 4.16. The molecule has 3 aromatic rings. The van der Waals surface area contributed by atoms with E-state index in [9.17, 15) is 8.78 Å². The molecule has 0 saturated carbocycles. The molecule has 7 heteroatoms. The van der Waals surface area contributed by atoms with Gasteiger partial charge in [0.25, 0.3) is 0 Å². The molecule has 0 saturated heterocycles. The average molecular weight is 450 g/mol. The van der Waals surface area contributed by atoms with E-state index in [4.69, 9.17) is 5.73 Å². The summed E-state index contributed by atoms with van der Waals surface area (Å²) in [4.78, 5) is 4.20. The van der Waals surface area contributed by atoms with Gasteiger partial charge in [0.15, 0.2) is 0 Å². The van der Waals surface area contributed by atoms with Crippen LogP contribution in [0, 0.1) is 15.2 Å². The Balaban J connectivity index is 2.32. The summed E-state index contributed by atoms with van der Waals surface area (Å²) in [5.74, 6) is -0.502. The highest BCUT2D eigenvalue weighted by atomic mass is 127. The second kappa shape index (κ2) is 4.96. The highest BCUT2D eigenvalue weighted by Gasteiger charge is 2.14. The normalized spacial score (nSPS) is 11.2. The number of nitrogen functional groups attached to an aromatic ring is 1. The lowest BCUT2D eigenvalue weighted by atomic mass is 10.2. The van der Waals surface area contributed by atoms with Crippen molar-refractivity contribution in [2.45, 2.75) is 0 Å². The van der Waals surface area contributed by atoms with Crippen molar-refractivity contribution in [3.05, 3.63) is 50.0 Å². The molecule has 20 heavy (non-hydrogen) atoms. The van der Waals surface area contributed by atoms with Crippen molar-refractivity contribution in [3.8, 4) is 5.69 Å². The monoisotopic (exact) mass is 449 g/mol. The maximum absolute atomic E-state index is 13.7. The molecule has 0 atom stereocenters. The topological polar surface area (TPSA) is 43.8 Å². The van der Waals surface area contributed by atoms with Crippen LogP contribution >= 0.6 is 38.5 Å². The summed E-state index contributed by atoms with van der Waals surface area (Å²) >= 11 is 5.02. The minimum atomic E-state index is -0.377. The summed E-state index contributed by atoms with van der Waals surface area (Å²) in [6.07, 6.45) is 0. The van der Waals surface area contributed by atoms with Gasteiger partial charge in [0.05, 0.1) is 24.8 Å². The van der Waals surface area contributed by atoms with Crippen molar-refractivity contribution >= 4 is 55.5 Å². The summed E-state index contributed by atoms with van der Waals surface area (Å²) in [7, 11) is 0. The van der Waals surface area contributed by atoms with Crippen molar-refractivity contribution in [2.75, 3.05) is 5.73 Å². The third kappa shape index (κ3) is 2.18. The molecule has 0 radical (unpaired) electrons. The molecule has 1 aromatic heterocycles. The molecule has 0 aliphatic carbocycles. The minimum absolute atomic E-state index is 0.222. The third-order valence-electron chi connectivity index (χ3n) is 2.88. The summed E-state index contributed by atoms with van der Waals surface area (Å²) in [5, 5.41) is 0. The van der Waals surface area contributed by atoms with Crippen LogP contribution in [-0.2, 0) is 0 Å². The van der Waals surface area contributed by atoms with Crippen LogP contribution in [0.15, 0.2) is 34.8 Å². The molecule has 0 bridgehead atoms. The molecule has 3 rings (SSSR count). The van der Waals surface area contributed by atoms with Crippen molar-refractivity contribution in [1.82, 2.24) is 9.55 Å². The van der Waals surface area contributed by atoms with E-state index in [1.54, 1.807) is 22.8 Å². The average Bonchev–Trinajstić information content (AvgIpc) is 2.69. The van der Waals surface area contributed by atoms with E-state index in [1.807, 2.05) is 22.6 Å². The van der Waals surface area contributed by atoms with E-state index in [1.165, 1.54) is 12.1 Å². The molecule has 0 amide bonds. The maximum atomic E-state index is 13.7. The highest BCUT2D eigenvalue weighted by Crippen LogP contribution is 2.28. The Bertz CT molecular complexity index is 832. The van der Waals surface area contributed by atoms with Gasteiger partial charge in [0.2, 0.25) is 5.95 Å². The number of nitrogens with two attached hydrogens (primary N) is 1. The lowest BCUT2D eigenvalue weighted by molar-refractivity contribution is 0.620. The van der Waals surface area contributed by atoms with E-state index in [2.05, 4.69) is 20.9 Å². The number of benzene rings is 2. The Kier molecular flexibility index (Phi) is 3.41. The molecule has 2 N–H and O–H groups in total. The van der Waals surface area contributed by atoms with E-state index in [0.29, 0.717) is 24.8 Å². The minimum Gasteiger partial charge on any atom is -0.369 e. The predicted octanol–water partition coefficient (Wildman–Crippen LogP) is 4.25.